The minimum atomic E-state index is -4.47. The van der Waals surface area contributed by atoms with E-state index in [4.69, 9.17) is 4.52 Å². The summed E-state index contributed by atoms with van der Waals surface area (Å²) in [7, 11) is 0. The number of aromatic nitrogens is 2. The number of rotatable bonds is 4. The van der Waals surface area contributed by atoms with Crippen LogP contribution in [0.2, 0.25) is 0 Å². The van der Waals surface area contributed by atoms with Crippen LogP contribution in [0, 0.1) is 0 Å². The molecule has 1 aliphatic heterocycles. The molecule has 1 aliphatic rings. The topological polar surface area (TPSA) is 59.2 Å². The number of halogens is 3. The number of hydrogen-bond acceptors (Lipinski definition) is 5. The Kier molecular flexibility index (Phi) is 5.40. The van der Waals surface area contributed by atoms with Crippen molar-refractivity contribution in [3.63, 3.8) is 0 Å². The Morgan fingerprint density at radius 1 is 1.17 bits per heavy atom. The van der Waals surface area contributed by atoms with Gasteiger partial charge in [-0.25, -0.2) is 0 Å². The van der Waals surface area contributed by atoms with Gasteiger partial charge in [-0.05, 0) is 35.9 Å². The van der Waals surface area contributed by atoms with Crippen LogP contribution in [0.5, 0.6) is 0 Å². The molecule has 1 amide bonds. The summed E-state index contributed by atoms with van der Waals surface area (Å²) < 4.78 is 44.8. The van der Waals surface area contributed by atoms with Gasteiger partial charge in [0, 0.05) is 19.0 Å². The molecule has 3 heterocycles. The Bertz CT molecular complexity index is 977. The summed E-state index contributed by atoms with van der Waals surface area (Å²) in [5.41, 5.74) is -0.750. The summed E-state index contributed by atoms with van der Waals surface area (Å²) in [5.74, 6) is 0.841. The van der Waals surface area contributed by atoms with Gasteiger partial charge >= 0.3 is 6.18 Å². The van der Waals surface area contributed by atoms with Gasteiger partial charge in [-0.2, -0.15) is 18.2 Å². The molecule has 1 fully saturated rings. The third-order valence-corrected chi connectivity index (χ3v) is 5.91. The fraction of sp³-hybridized carbons (Fsp3) is 0.350. The molecule has 0 radical (unpaired) electrons. The standard InChI is InChI=1S/C20H18F3N3O2S/c21-20(22,23)15-5-2-1-4-14(15)12-17(27)26-9-7-13(8-10-26)19-24-18(25-28-19)16-6-3-11-29-16/h1-6,11,13H,7-10,12H2. The number of piperidine rings is 1. The van der Waals surface area contributed by atoms with Gasteiger partial charge in [0.15, 0.2) is 0 Å². The normalized spacial score (nSPS) is 15.6. The highest BCUT2D eigenvalue weighted by Gasteiger charge is 2.34. The van der Waals surface area contributed by atoms with Gasteiger partial charge in [-0.15, -0.1) is 11.3 Å². The molecule has 0 unspecified atom stereocenters. The summed E-state index contributed by atoms with van der Waals surface area (Å²) in [6, 6.07) is 9.05. The molecule has 4 rings (SSSR count). The van der Waals surface area contributed by atoms with Crippen molar-refractivity contribution in [3.05, 3.63) is 58.8 Å². The molecule has 152 valence electrons. The minimum absolute atomic E-state index is 0.00427. The average Bonchev–Trinajstić information content (AvgIpc) is 3.39. The molecule has 9 heteroatoms. The number of alkyl halides is 3. The molecule has 2 aromatic heterocycles. The third-order valence-electron chi connectivity index (χ3n) is 5.04. The lowest BCUT2D eigenvalue weighted by Crippen LogP contribution is -2.39. The zero-order valence-electron chi connectivity index (χ0n) is 15.4. The fourth-order valence-electron chi connectivity index (χ4n) is 3.51. The maximum absolute atomic E-state index is 13.1. The molecule has 0 saturated carbocycles. The van der Waals surface area contributed by atoms with Gasteiger partial charge < -0.3 is 9.42 Å². The number of amides is 1. The van der Waals surface area contributed by atoms with Gasteiger partial charge in [0.2, 0.25) is 17.6 Å². The minimum Gasteiger partial charge on any atom is -0.342 e. The van der Waals surface area contributed by atoms with E-state index in [9.17, 15) is 18.0 Å². The zero-order chi connectivity index (χ0) is 20.4. The average molecular weight is 421 g/mol. The number of carbonyl (C=O) groups is 1. The highest BCUT2D eigenvalue weighted by atomic mass is 32.1. The quantitative estimate of drug-likeness (QED) is 0.609. The second kappa shape index (κ2) is 7.98. The lowest BCUT2D eigenvalue weighted by Gasteiger charge is -2.30. The van der Waals surface area contributed by atoms with Crippen LogP contribution in [0.1, 0.15) is 35.8 Å². The third kappa shape index (κ3) is 4.34. The highest BCUT2D eigenvalue weighted by Crippen LogP contribution is 2.33. The van der Waals surface area contributed by atoms with Crippen LogP contribution < -0.4 is 0 Å². The van der Waals surface area contributed by atoms with E-state index in [1.807, 2.05) is 17.5 Å². The Labute approximate surface area is 169 Å². The molecule has 1 aromatic carbocycles. The van der Waals surface area contributed by atoms with Crippen molar-refractivity contribution in [1.29, 1.82) is 0 Å². The Morgan fingerprint density at radius 3 is 2.62 bits per heavy atom. The highest BCUT2D eigenvalue weighted by molar-refractivity contribution is 7.13. The van der Waals surface area contributed by atoms with Crippen LogP contribution in [0.4, 0.5) is 13.2 Å². The van der Waals surface area contributed by atoms with Crippen LogP contribution >= 0.6 is 11.3 Å². The van der Waals surface area contributed by atoms with Crippen LogP contribution in [0.3, 0.4) is 0 Å². The zero-order valence-corrected chi connectivity index (χ0v) is 16.2. The Morgan fingerprint density at radius 2 is 1.93 bits per heavy atom. The number of likely N-dealkylation sites (tertiary alicyclic amines) is 1. The lowest BCUT2D eigenvalue weighted by molar-refractivity contribution is -0.138. The van der Waals surface area contributed by atoms with Crippen molar-refractivity contribution in [2.24, 2.45) is 0 Å². The van der Waals surface area contributed by atoms with Crippen molar-refractivity contribution in [1.82, 2.24) is 15.0 Å². The van der Waals surface area contributed by atoms with E-state index in [-0.39, 0.29) is 23.8 Å². The molecule has 0 aliphatic carbocycles. The maximum Gasteiger partial charge on any atom is 0.416 e. The Hall–Kier alpha value is -2.68. The summed E-state index contributed by atoms with van der Waals surface area (Å²) in [6.45, 7) is 0.906. The second-order valence-electron chi connectivity index (χ2n) is 6.92. The van der Waals surface area contributed by atoms with E-state index < -0.39 is 11.7 Å². The van der Waals surface area contributed by atoms with E-state index in [1.165, 1.54) is 29.5 Å². The maximum atomic E-state index is 13.1. The first-order valence-electron chi connectivity index (χ1n) is 9.22. The van der Waals surface area contributed by atoms with Gasteiger partial charge in [-0.3, -0.25) is 4.79 Å². The number of carbonyl (C=O) groups excluding carboxylic acids is 1. The number of thiophene rings is 1. The molecule has 3 aromatic rings. The van der Waals surface area contributed by atoms with Crippen LogP contribution in [-0.2, 0) is 17.4 Å². The van der Waals surface area contributed by atoms with Gasteiger partial charge in [-0.1, -0.05) is 29.4 Å². The molecule has 0 spiro atoms. The monoisotopic (exact) mass is 421 g/mol. The first-order chi connectivity index (χ1) is 13.9. The number of benzene rings is 1. The van der Waals surface area contributed by atoms with E-state index >= 15 is 0 Å². The molecular formula is C20H18F3N3O2S. The van der Waals surface area contributed by atoms with Gasteiger partial charge in [0.05, 0.1) is 16.9 Å². The van der Waals surface area contributed by atoms with Crippen LogP contribution in [0.15, 0.2) is 46.3 Å². The first-order valence-corrected chi connectivity index (χ1v) is 10.1. The predicted molar refractivity (Wildman–Crippen MR) is 101 cm³/mol. The van der Waals surface area contributed by atoms with Crippen molar-refractivity contribution in [2.45, 2.75) is 31.4 Å². The van der Waals surface area contributed by atoms with E-state index in [1.54, 1.807) is 4.90 Å². The molecule has 5 nitrogen and oxygen atoms in total. The van der Waals surface area contributed by atoms with Crippen LogP contribution in [0.25, 0.3) is 10.7 Å². The van der Waals surface area contributed by atoms with E-state index in [2.05, 4.69) is 10.1 Å². The summed E-state index contributed by atoms with van der Waals surface area (Å²) >= 11 is 1.53. The molecule has 1 saturated heterocycles. The summed E-state index contributed by atoms with van der Waals surface area (Å²) in [5, 5.41) is 5.95. The molecule has 0 bridgehead atoms. The van der Waals surface area contributed by atoms with Crippen LogP contribution in [-0.4, -0.2) is 34.0 Å². The first kappa shape index (κ1) is 19.6. The molecule has 0 N–H and O–H groups in total. The summed E-state index contributed by atoms with van der Waals surface area (Å²) in [6.07, 6.45) is -3.46. The van der Waals surface area contributed by atoms with Crippen molar-refractivity contribution >= 4 is 17.2 Å². The van der Waals surface area contributed by atoms with Crippen molar-refractivity contribution < 1.29 is 22.5 Å². The molecular weight excluding hydrogens is 403 g/mol. The van der Waals surface area contributed by atoms with Crippen molar-refractivity contribution in [2.75, 3.05) is 13.1 Å². The van der Waals surface area contributed by atoms with E-state index in [0.717, 1.165) is 10.9 Å². The molecule has 29 heavy (non-hydrogen) atoms. The summed E-state index contributed by atoms with van der Waals surface area (Å²) in [4.78, 5) is 19.6. The second-order valence-corrected chi connectivity index (χ2v) is 7.87. The van der Waals surface area contributed by atoms with Gasteiger partial charge in [0.25, 0.3) is 0 Å². The largest absolute Gasteiger partial charge is 0.416 e. The number of hydrogen-bond donors (Lipinski definition) is 0. The smallest absolute Gasteiger partial charge is 0.342 e. The lowest BCUT2D eigenvalue weighted by atomic mass is 9.96. The van der Waals surface area contributed by atoms with E-state index in [0.29, 0.717) is 37.6 Å². The van der Waals surface area contributed by atoms with Gasteiger partial charge in [0.1, 0.15) is 0 Å². The van der Waals surface area contributed by atoms with Crippen molar-refractivity contribution in [3.8, 4) is 10.7 Å². The number of nitrogens with zero attached hydrogens (tertiary/aromatic N) is 3. The fourth-order valence-corrected chi connectivity index (χ4v) is 4.16. The SMILES string of the molecule is O=C(Cc1ccccc1C(F)(F)F)N1CCC(c2nc(-c3cccs3)no2)CC1. The molecule has 0 atom stereocenters. The Balaban J connectivity index is 1.37. The predicted octanol–water partition coefficient (Wildman–Crippen LogP) is 4.77.